The number of hydrogen-bond donors (Lipinski definition) is 1. The molecule has 0 radical (unpaired) electrons. The molecule has 2 rings (SSSR count). The second-order valence-corrected chi connectivity index (χ2v) is 3.08. The van der Waals surface area contributed by atoms with E-state index in [2.05, 4.69) is 12.1 Å². The summed E-state index contributed by atoms with van der Waals surface area (Å²) >= 11 is 0. The molecule has 2 aromatic rings. The number of fused-ring (bicyclic) bond motifs is 1. The number of benzene rings is 1. The second-order valence-electron chi connectivity index (χ2n) is 3.08. The summed E-state index contributed by atoms with van der Waals surface area (Å²) in [5.74, 6) is 0. The summed E-state index contributed by atoms with van der Waals surface area (Å²) in [5.41, 5.74) is 2.17. The Kier molecular flexibility index (Phi) is 1.99. The summed E-state index contributed by atoms with van der Waals surface area (Å²) in [6.45, 7) is 0.753. The Bertz CT molecular complexity index is 422. The van der Waals surface area contributed by atoms with Crippen LogP contribution in [0.5, 0.6) is 0 Å². The van der Waals surface area contributed by atoms with Crippen LogP contribution in [0, 0.1) is 0 Å². The van der Waals surface area contributed by atoms with E-state index >= 15 is 0 Å². The fourth-order valence-electron chi connectivity index (χ4n) is 1.41. The first-order chi connectivity index (χ1) is 6.75. The highest BCUT2D eigenvalue weighted by Gasteiger charge is 1.97. The lowest BCUT2D eigenvalue weighted by Crippen LogP contribution is -2.09. The molecule has 1 aromatic heterocycles. The van der Waals surface area contributed by atoms with Crippen molar-refractivity contribution in [1.82, 2.24) is 5.31 Å². The molecule has 0 atom stereocenters. The van der Waals surface area contributed by atoms with Crippen LogP contribution in [-0.2, 0) is 6.42 Å². The average molecular weight is 176 g/mol. The van der Waals surface area contributed by atoms with Gasteiger partial charge in [-0.1, -0.05) is 6.07 Å². The number of rotatable bonds is 3. The van der Waals surface area contributed by atoms with Gasteiger partial charge in [-0.15, -0.1) is 0 Å². The van der Waals surface area contributed by atoms with Gasteiger partial charge in [-0.25, -0.2) is 0 Å². The molecule has 2 heteroatoms. The van der Waals surface area contributed by atoms with Crippen molar-refractivity contribution >= 4 is 11.0 Å². The minimum atomic E-state index is 0.753. The molecule has 68 valence electrons. The van der Waals surface area contributed by atoms with Gasteiger partial charge < -0.3 is 9.73 Å². The molecule has 1 aromatic carbocycles. The fourth-order valence-corrected chi connectivity index (χ4v) is 1.41. The van der Waals surface area contributed by atoms with Gasteiger partial charge in [0.25, 0.3) is 0 Å². The predicted octanol–water partition coefficient (Wildman–Crippen LogP) is 2.19. The van der Waals surface area contributed by atoms with E-state index in [0.717, 1.165) is 23.9 Å². The third kappa shape index (κ3) is 1.73. The van der Waals surface area contributed by atoms with Gasteiger partial charge in [-0.2, -0.15) is 0 Å². The largest absolute Gasteiger partial charge is 0.464 e. The molecule has 0 aliphatic carbocycles. The Labute approximate surface area is 79.0 Å². The van der Waals surface area contributed by atoms with Crippen LogP contribution in [0.15, 0.2) is 34.9 Å². The van der Waals surface area contributed by atoms with Crippen molar-refractivity contribution in [2.24, 2.45) is 0 Å². The van der Waals surface area contributed by atoms with Crippen molar-refractivity contribution in [2.75, 3.05) is 13.6 Å². The SMILES string of the molecule is [2H]N(C)CCc1ccc2occc2c1. The van der Waals surface area contributed by atoms with Gasteiger partial charge in [-0.05, 0) is 43.8 Å². The summed E-state index contributed by atoms with van der Waals surface area (Å²) in [4.78, 5) is 0. The molecular weight excluding hydrogens is 162 g/mol. The van der Waals surface area contributed by atoms with Gasteiger partial charge in [0.2, 0.25) is 0 Å². The maximum Gasteiger partial charge on any atom is 0.133 e. The standard InChI is InChI=1S/C11H13NO/c1-12-6-4-9-2-3-11-10(8-9)5-7-13-11/h2-3,5,7-8,12H,4,6H2,1H3/i/hD. The quantitative estimate of drug-likeness (QED) is 0.775. The van der Waals surface area contributed by atoms with E-state index in [1.54, 1.807) is 13.3 Å². The highest BCUT2D eigenvalue weighted by Crippen LogP contribution is 2.16. The number of hydrogen-bond acceptors (Lipinski definition) is 2. The molecule has 0 spiro atoms. The zero-order valence-corrected chi connectivity index (χ0v) is 7.66. The van der Waals surface area contributed by atoms with E-state index in [4.69, 9.17) is 5.83 Å². The molecule has 0 amide bonds. The lowest BCUT2D eigenvalue weighted by Gasteiger charge is -1.99. The van der Waals surface area contributed by atoms with Gasteiger partial charge in [0.1, 0.15) is 6.99 Å². The van der Waals surface area contributed by atoms with E-state index in [1.807, 2.05) is 12.1 Å². The Morgan fingerprint density at radius 1 is 1.46 bits per heavy atom. The summed E-state index contributed by atoms with van der Waals surface area (Å²) < 4.78 is 12.5. The van der Waals surface area contributed by atoms with E-state index < -0.39 is 0 Å². The molecule has 0 saturated heterocycles. The molecule has 0 unspecified atom stereocenters. The van der Waals surface area contributed by atoms with Gasteiger partial charge >= 0.3 is 0 Å². The zero-order chi connectivity index (χ0) is 9.97. The second kappa shape index (κ2) is 3.62. The smallest absolute Gasteiger partial charge is 0.133 e. The van der Waals surface area contributed by atoms with Crippen molar-refractivity contribution in [1.29, 1.82) is 0 Å². The molecule has 0 aliphatic rings. The first-order valence-corrected chi connectivity index (χ1v) is 4.42. The third-order valence-electron chi connectivity index (χ3n) is 2.14. The Hall–Kier alpha value is -1.28. The van der Waals surface area contributed by atoms with E-state index in [1.165, 1.54) is 10.9 Å². The van der Waals surface area contributed by atoms with Crippen LogP contribution in [-0.4, -0.2) is 13.6 Å². The molecule has 13 heavy (non-hydrogen) atoms. The van der Waals surface area contributed by atoms with Crippen LogP contribution >= 0.6 is 0 Å². The van der Waals surface area contributed by atoms with Crippen LogP contribution in [0.4, 0.5) is 0 Å². The first kappa shape index (κ1) is 7.15. The van der Waals surface area contributed by atoms with E-state index in [0.29, 0.717) is 0 Å². The van der Waals surface area contributed by atoms with Gasteiger partial charge in [0.15, 0.2) is 0 Å². The number of furan rings is 1. The molecular formula is C11H13NO. The van der Waals surface area contributed by atoms with E-state index in [9.17, 15) is 0 Å². The van der Waals surface area contributed by atoms with Crippen molar-refractivity contribution in [3.05, 3.63) is 36.1 Å². The maximum atomic E-state index is 7.27. The first-order valence-electron chi connectivity index (χ1n) is 4.86. The number of nitrogens with one attached hydrogen (secondary N) is 1. The highest BCUT2D eigenvalue weighted by molar-refractivity contribution is 5.77. The van der Waals surface area contributed by atoms with Crippen LogP contribution < -0.4 is 5.31 Å². The summed E-state index contributed by atoms with van der Waals surface area (Å²) in [7, 11) is 1.76. The molecule has 0 fully saturated rings. The molecule has 1 N–H and O–H groups in total. The predicted molar refractivity (Wildman–Crippen MR) is 53.8 cm³/mol. The molecule has 0 bridgehead atoms. The number of likely N-dealkylation sites (N-methyl/N-ethyl adjacent to an activating group) is 1. The van der Waals surface area contributed by atoms with Gasteiger partial charge in [0.05, 0.1) is 6.26 Å². The fraction of sp³-hybridized carbons (Fsp3) is 0.273. The van der Waals surface area contributed by atoms with Crippen molar-refractivity contribution in [3.8, 4) is 0 Å². The van der Waals surface area contributed by atoms with Crippen molar-refractivity contribution in [2.45, 2.75) is 6.42 Å². The third-order valence-corrected chi connectivity index (χ3v) is 2.14. The topological polar surface area (TPSA) is 25.2 Å². The maximum absolute atomic E-state index is 7.27. The van der Waals surface area contributed by atoms with Crippen LogP contribution in [0.2, 0.25) is 1.41 Å². The Balaban J connectivity index is 2.17. The summed E-state index contributed by atoms with van der Waals surface area (Å²) in [5, 5.41) is 2.58. The molecule has 0 aliphatic heterocycles. The zero-order valence-electron chi connectivity index (χ0n) is 8.66. The van der Waals surface area contributed by atoms with Gasteiger partial charge in [0, 0.05) is 5.39 Å². The normalized spacial score (nSPS) is 12.3. The van der Waals surface area contributed by atoms with Crippen molar-refractivity contribution in [3.63, 3.8) is 0 Å². The Morgan fingerprint density at radius 3 is 3.23 bits per heavy atom. The van der Waals surface area contributed by atoms with Gasteiger partial charge in [-0.3, -0.25) is 0 Å². The van der Waals surface area contributed by atoms with Crippen LogP contribution in [0.25, 0.3) is 11.0 Å². The lowest BCUT2D eigenvalue weighted by atomic mass is 10.1. The van der Waals surface area contributed by atoms with Crippen LogP contribution in [0.1, 0.15) is 5.56 Å². The highest BCUT2D eigenvalue weighted by atomic mass is 16.3. The average Bonchev–Trinajstić information content (AvgIpc) is 2.61. The molecule has 1 heterocycles. The van der Waals surface area contributed by atoms with Crippen LogP contribution in [0.3, 0.4) is 0 Å². The lowest BCUT2D eigenvalue weighted by molar-refractivity contribution is 0.615. The monoisotopic (exact) mass is 176 g/mol. The minimum Gasteiger partial charge on any atom is -0.464 e. The van der Waals surface area contributed by atoms with Crippen molar-refractivity contribution < 1.29 is 5.83 Å². The van der Waals surface area contributed by atoms with E-state index in [-0.39, 0.29) is 0 Å². The minimum absolute atomic E-state index is 0.753. The summed E-state index contributed by atoms with van der Waals surface area (Å²) in [6, 6.07) is 8.11. The Morgan fingerprint density at radius 2 is 2.38 bits per heavy atom. The molecule has 0 saturated carbocycles. The summed E-state index contributed by atoms with van der Waals surface area (Å²) in [6.07, 6.45) is 2.60. The molecule has 2 nitrogen and oxygen atoms in total.